The van der Waals surface area contributed by atoms with E-state index in [1.165, 1.54) is 0 Å². The van der Waals surface area contributed by atoms with Gasteiger partial charge in [-0.15, -0.1) is 0 Å². The molecule has 5 heteroatoms. The van der Waals surface area contributed by atoms with E-state index in [9.17, 15) is 4.79 Å². The summed E-state index contributed by atoms with van der Waals surface area (Å²) >= 11 is 0. The Morgan fingerprint density at radius 3 is 2.72 bits per heavy atom. The lowest BCUT2D eigenvalue weighted by atomic mass is 10.0. The standard InChI is InChI=1S/C13H20N2O3/c1-8(2)12-11(9(3)14-18-12)13(17)15(6-7-16)10-4-5-10/h8,10,16H,4-7H2,1-3H3. The number of aryl methyl sites for hydroxylation is 1. The molecular formula is C13H20N2O3. The molecule has 1 N–H and O–H groups in total. The fourth-order valence-electron chi connectivity index (χ4n) is 2.13. The number of carbonyl (C=O) groups is 1. The Kier molecular flexibility index (Phi) is 3.71. The third kappa shape index (κ3) is 2.41. The fourth-order valence-corrected chi connectivity index (χ4v) is 2.13. The summed E-state index contributed by atoms with van der Waals surface area (Å²) in [5.41, 5.74) is 1.21. The molecule has 0 unspecified atom stereocenters. The lowest BCUT2D eigenvalue weighted by Gasteiger charge is -2.21. The highest BCUT2D eigenvalue weighted by Crippen LogP contribution is 2.30. The van der Waals surface area contributed by atoms with Crippen molar-refractivity contribution in [3.8, 4) is 0 Å². The highest BCUT2D eigenvalue weighted by Gasteiger charge is 2.35. The number of aliphatic hydroxyl groups excluding tert-OH is 1. The molecule has 1 fully saturated rings. The van der Waals surface area contributed by atoms with Crippen LogP contribution in [-0.4, -0.2) is 40.3 Å². The van der Waals surface area contributed by atoms with E-state index in [-0.39, 0.29) is 24.5 Å². The Bertz CT molecular complexity index is 435. The van der Waals surface area contributed by atoms with Gasteiger partial charge in [-0.05, 0) is 19.8 Å². The van der Waals surface area contributed by atoms with Crippen LogP contribution >= 0.6 is 0 Å². The van der Waals surface area contributed by atoms with Crippen LogP contribution in [0.15, 0.2) is 4.52 Å². The van der Waals surface area contributed by atoms with Crippen molar-refractivity contribution in [2.75, 3.05) is 13.2 Å². The van der Waals surface area contributed by atoms with E-state index in [1.807, 2.05) is 13.8 Å². The SMILES string of the molecule is Cc1noc(C(C)C)c1C(=O)N(CCO)C1CC1. The summed E-state index contributed by atoms with van der Waals surface area (Å²) in [6.45, 7) is 6.11. The van der Waals surface area contributed by atoms with E-state index in [2.05, 4.69) is 5.16 Å². The van der Waals surface area contributed by atoms with E-state index in [1.54, 1.807) is 11.8 Å². The van der Waals surface area contributed by atoms with Gasteiger partial charge in [-0.1, -0.05) is 19.0 Å². The topological polar surface area (TPSA) is 66.6 Å². The van der Waals surface area contributed by atoms with Gasteiger partial charge in [-0.25, -0.2) is 0 Å². The predicted octanol–water partition coefficient (Wildman–Crippen LogP) is 1.70. The molecule has 1 saturated carbocycles. The summed E-state index contributed by atoms with van der Waals surface area (Å²) < 4.78 is 5.25. The molecule has 5 nitrogen and oxygen atoms in total. The molecule has 1 aromatic rings. The first-order valence-corrected chi connectivity index (χ1v) is 6.44. The molecule has 0 spiro atoms. The van der Waals surface area contributed by atoms with Gasteiger partial charge in [-0.3, -0.25) is 4.79 Å². The molecule has 1 aliphatic carbocycles. The van der Waals surface area contributed by atoms with E-state index < -0.39 is 0 Å². The van der Waals surface area contributed by atoms with Crippen molar-refractivity contribution in [1.29, 1.82) is 0 Å². The first-order chi connectivity index (χ1) is 8.56. The van der Waals surface area contributed by atoms with Crippen LogP contribution in [0, 0.1) is 6.92 Å². The number of rotatable bonds is 5. The third-order valence-electron chi connectivity index (χ3n) is 3.22. The second-order valence-electron chi connectivity index (χ2n) is 5.12. The summed E-state index contributed by atoms with van der Waals surface area (Å²) in [6.07, 6.45) is 2.04. The number of hydrogen-bond donors (Lipinski definition) is 1. The maximum Gasteiger partial charge on any atom is 0.259 e. The van der Waals surface area contributed by atoms with Crippen molar-refractivity contribution in [3.05, 3.63) is 17.0 Å². The minimum atomic E-state index is -0.0611. The Morgan fingerprint density at radius 1 is 1.56 bits per heavy atom. The van der Waals surface area contributed by atoms with E-state index in [4.69, 9.17) is 9.63 Å². The van der Waals surface area contributed by atoms with E-state index >= 15 is 0 Å². The van der Waals surface area contributed by atoms with Crippen molar-refractivity contribution >= 4 is 5.91 Å². The molecule has 0 bridgehead atoms. The predicted molar refractivity (Wildman–Crippen MR) is 66.5 cm³/mol. The van der Waals surface area contributed by atoms with Crippen molar-refractivity contribution in [1.82, 2.24) is 10.1 Å². The van der Waals surface area contributed by atoms with Gasteiger partial charge in [0.25, 0.3) is 5.91 Å². The molecule has 0 aromatic carbocycles. The van der Waals surface area contributed by atoms with Crippen LogP contribution in [0.3, 0.4) is 0 Å². The second kappa shape index (κ2) is 5.10. The van der Waals surface area contributed by atoms with Gasteiger partial charge in [0.15, 0.2) is 5.76 Å². The molecule has 0 saturated heterocycles. The molecule has 1 amide bonds. The van der Waals surface area contributed by atoms with Gasteiger partial charge >= 0.3 is 0 Å². The first kappa shape index (κ1) is 13.1. The smallest absolute Gasteiger partial charge is 0.259 e. The number of hydrogen-bond acceptors (Lipinski definition) is 4. The van der Waals surface area contributed by atoms with Gasteiger partial charge in [0.05, 0.1) is 12.3 Å². The molecule has 100 valence electrons. The second-order valence-corrected chi connectivity index (χ2v) is 5.12. The minimum Gasteiger partial charge on any atom is -0.395 e. The molecule has 2 rings (SSSR count). The molecule has 1 aromatic heterocycles. The van der Waals surface area contributed by atoms with Crippen LogP contribution in [0.5, 0.6) is 0 Å². The number of aliphatic hydroxyl groups is 1. The van der Waals surface area contributed by atoms with Crippen LogP contribution in [0.1, 0.15) is 54.4 Å². The zero-order chi connectivity index (χ0) is 13.3. The summed E-state index contributed by atoms with van der Waals surface area (Å²) in [6, 6.07) is 0.277. The average Bonchev–Trinajstić information content (AvgIpc) is 3.07. The summed E-state index contributed by atoms with van der Waals surface area (Å²) in [5.74, 6) is 0.704. The van der Waals surface area contributed by atoms with Gasteiger partial charge in [-0.2, -0.15) is 0 Å². The normalized spacial score (nSPS) is 15.2. The van der Waals surface area contributed by atoms with Crippen molar-refractivity contribution in [2.24, 2.45) is 0 Å². The van der Waals surface area contributed by atoms with Crippen LogP contribution in [0.4, 0.5) is 0 Å². The largest absolute Gasteiger partial charge is 0.395 e. The number of nitrogens with zero attached hydrogens (tertiary/aromatic N) is 2. The highest BCUT2D eigenvalue weighted by molar-refractivity contribution is 5.96. The Labute approximate surface area is 107 Å². The molecule has 1 aliphatic rings. The summed E-state index contributed by atoms with van der Waals surface area (Å²) in [7, 11) is 0. The van der Waals surface area contributed by atoms with Gasteiger partial charge in [0.2, 0.25) is 0 Å². The van der Waals surface area contributed by atoms with Crippen LogP contribution in [-0.2, 0) is 0 Å². The molecule has 0 aliphatic heterocycles. The van der Waals surface area contributed by atoms with Crippen molar-refractivity contribution in [3.63, 3.8) is 0 Å². The third-order valence-corrected chi connectivity index (χ3v) is 3.22. The maximum absolute atomic E-state index is 12.5. The Morgan fingerprint density at radius 2 is 2.22 bits per heavy atom. The number of amides is 1. The van der Waals surface area contributed by atoms with E-state index in [0.717, 1.165) is 12.8 Å². The summed E-state index contributed by atoms with van der Waals surface area (Å²) in [4.78, 5) is 14.3. The van der Waals surface area contributed by atoms with Gasteiger partial charge < -0.3 is 14.5 Å². The molecule has 1 heterocycles. The van der Waals surface area contributed by atoms with Crippen molar-refractivity contribution in [2.45, 2.75) is 45.6 Å². The van der Waals surface area contributed by atoms with E-state index in [0.29, 0.717) is 23.6 Å². The number of carbonyl (C=O) groups excluding carboxylic acids is 1. The highest BCUT2D eigenvalue weighted by atomic mass is 16.5. The van der Waals surface area contributed by atoms with Crippen LogP contribution in [0.25, 0.3) is 0 Å². The quantitative estimate of drug-likeness (QED) is 0.866. The lowest BCUT2D eigenvalue weighted by Crippen LogP contribution is -2.36. The zero-order valence-electron chi connectivity index (χ0n) is 11.1. The Hall–Kier alpha value is -1.36. The summed E-state index contributed by atoms with van der Waals surface area (Å²) in [5, 5.41) is 13.0. The monoisotopic (exact) mass is 252 g/mol. The van der Waals surface area contributed by atoms with Crippen LogP contribution in [0.2, 0.25) is 0 Å². The maximum atomic E-state index is 12.5. The molecular weight excluding hydrogens is 232 g/mol. The number of aromatic nitrogens is 1. The van der Waals surface area contributed by atoms with Gasteiger partial charge in [0, 0.05) is 18.5 Å². The molecule has 18 heavy (non-hydrogen) atoms. The fraction of sp³-hybridized carbons (Fsp3) is 0.692. The first-order valence-electron chi connectivity index (χ1n) is 6.44. The molecule has 0 atom stereocenters. The average molecular weight is 252 g/mol. The minimum absolute atomic E-state index is 0.0103. The zero-order valence-corrected chi connectivity index (χ0v) is 11.1. The lowest BCUT2D eigenvalue weighted by molar-refractivity contribution is 0.0704. The van der Waals surface area contributed by atoms with Crippen molar-refractivity contribution < 1.29 is 14.4 Å². The van der Waals surface area contributed by atoms with Crippen LogP contribution < -0.4 is 0 Å². The molecule has 0 radical (unpaired) electrons. The Balaban J connectivity index is 2.28. The van der Waals surface area contributed by atoms with Gasteiger partial charge in [0.1, 0.15) is 5.56 Å².